The van der Waals surface area contributed by atoms with Gasteiger partial charge >= 0.3 is 0 Å². The van der Waals surface area contributed by atoms with Gasteiger partial charge in [0.05, 0.1) is 10.0 Å². The SMILES string of the molecule is Nc1n[nH]c(N)c1N=Nc1c(Cl)cc(Cl)cc1Cl. The van der Waals surface area contributed by atoms with E-state index in [0.717, 1.165) is 0 Å². The predicted molar refractivity (Wildman–Crippen MR) is 73.1 cm³/mol. The maximum absolute atomic E-state index is 5.95. The third-order valence-corrected chi connectivity index (χ3v) is 2.82. The molecule has 0 saturated carbocycles. The van der Waals surface area contributed by atoms with Crippen molar-refractivity contribution in [3.63, 3.8) is 0 Å². The van der Waals surface area contributed by atoms with Crippen LogP contribution in [0.2, 0.25) is 15.1 Å². The normalized spacial score (nSPS) is 11.3. The summed E-state index contributed by atoms with van der Waals surface area (Å²) in [7, 11) is 0. The summed E-state index contributed by atoms with van der Waals surface area (Å²) in [5.41, 5.74) is 11.6. The molecule has 0 saturated heterocycles. The molecule has 0 aliphatic heterocycles. The summed E-state index contributed by atoms with van der Waals surface area (Å²) in [6.07, 6.45) is 0. The molecule has 2 aromatic rings. The monoisotopic (exact) mass is 304 g/mol. The van der Waals surface area contributed by atoms with Crippen molar-refractivity contribution >= 4 is 57.8 Å². The van der Waals surface area contributed by atoms with E-state index in [4.69, 9.17) is 46.3 Å². The zero-order valence-corrected chi connectivity index (χ0v) is 11.1. The highest BCUT2D eigenvalue weighted by Gasteiger charge is 2.10. The molecule has 0 amide bonds. The molecular weight excluding hydrogens is 298 g/mol. The van der Waals surface area contributed by atoms with Crippen LogP contribution >= 0.6 is 34.8 Å². The first-order valence-electron chi connectivity index (χ1n) is 4.64. The molecule has 9 heteroatoms. The highest BCUT2D eigenvalue weighted by atomic mass is 35.5. The lowest BCUT2D eigenvalue weighted by atomic mass is 10.3. The first kappa shape index (κ1) is 12.9. The number of aromatic amines is 1. The van der Waals surface area contributed by atoms with E-state index >= 15 is 0 Å². The first-order valence-corrected chi connectivity index (χ1v) is 5.78. The summed E-state index contributed by atoms with van der Waals surface area (Å²) in [5, 5.41) is 14.9. The van der Waals surface area contributed by atoms with E-state index < -0.39 is 0 Å². The number of nitrogens with zero attached hydrogens (tertiary/aromatic N) is 3. The maximum atomic E-state index is 5.95. The number of H-pyrrole nitrogens is 1. The third-order valence-electron chi connectivity index (χ3n) is 2.03. The van der Waals surface area contributed by atoms with Crippen LogP contribution in [0.15, 0.2) is 22.4 Å². The number of rotatable bonds is 2. The molecule has 18 heavy (non-hydrogen) atoms. The minimum absolute atomic E-state index is 0.137. The largest absolute Gasteiger partial charge is 0.382 e. The van der Waals surface area contributed by atoms with Crippen molar-refractivity contribution < 1.29 is 0 Å². The maximum Gasteiger partial charge on any atom is 0.175 e. The topological polar surface area (TPSA) is 105 Å². The van der Waals surface area contributed by atoms with Gasteiger partial charge in [0.15, 0.2) is 11.5 Å². The van der Waals surface area contributed by atoms with Crippen LogP contribution in [0, 0.1) is 0 Å². The first-order chi connectivity index (χ1) is 8.49. The van der Waals surface area contributed by atoms with E-state index in [9.17, 15) is 0 Å². The van der Waals surface area contributed by atoms with Gasteiger partial charge in [-0.2, -0.15) is 5.10 Å². The number of halogens is 3. The smallest absolute Gasteiger partial charge is 0.175 e. The van der Waals surface area contributed by atoms with E-state index in [1.165, 1.54) is 12.1 Å². The van der Waals surface area contributed by atoms with Crippen molar-refractivity contribution in [2.75, 3.05) is 11.5 Å². The second-order valence-corrected chi connectivity index (χ2v) is 4.54. The fraction of sp³-hybridized carbons (Fsp3) is 0. The lowest BCUT2D eigenvalue weighted by Gasteiger charge is -2.00. The van der Waals surface area contributed by atoms with Gasteiger partial charge in [-0.1, -0.05) is 34.8 Å². The van der Waals surface area contributed by atoms with Crippen molar-refractivity contribution in [2.45, 2.75) is 0 Å². The Morgan fingerprint density at radius 2 is 1.56 bits per heavy atom. The molecule has 6 nitrogen and oxygen atoms in total. The number of hydrogen-bond donors (Lipinski definition) is 3. The molecule has 0 unspecified atom stereocenters. The molecule has 5 N–H and O–H groups in total. The number of azo groups is 1. The van der Waals surface area contributed by atoms with Crippen molar-refractivity contribution in [3.05, 3.63) is 27.2 Å². The van der Waals surface area contributed by atoms with Gasteiger partial charge in [0.2, 0.25) is 0 Å². The standard InChI is InChI=1S/C9H7Cl3N6/c10-3-1-4(11)6(5(12)2-3)15-16-7-8(13)17-18-9(7)14/h1-2H,(H5,13,14,17,18). The molecule has 1 aromatic carbocycles. The molecule has 0 bridgehead atoms. The van der Waals surface area contributed by atoms with Crippen molar-refractivity contribution in [3.8, 4) is 0 Å². The molecule has 0 radical (unpaired) electrons. The minimum atomic E-state index is 0.137. The van der Waals surface area contributed by atoms with E-state index in [-0.39, 0.29) is 33.1 Å². The van der Waals surface area contributed by atoms with Gasteiger partial charge in [-0.15, -0.1) is 10.2 Å². The van der Waals surface area contributed by atoms with Crippen LogP contribution in [0.5, 0.6) is 0 Å². The predicted octanol–water partition coefficient (Wildman–Crippen LogP) is 3.95. The van der Waals surface area contributed by atoms with Crippen LogP contribution in [0.25, 0.3) is 0 Å². The average Bonchev–Trinajstić information content (AvgIpc) is 2.58. The molecular formula is C9H7Cl3N6. The molecule has 94 valence electrons. The van der Waals surface area contributed by atoms with Crippen LogP contribution in [0.3, 0.4) is 0 Å². The highest BCUT2D eigenvalue weighted by Crippen LogP contribution is 2.38. The Kier molecular flexibility index (Phi) is 3.60. The lowest BCUT2D eigenvalue weighted by molar-refractivity contribution is 1.11. The molecule has 0 atom stereocenters. The third kappa shape index (κ3) is 2.50. The van der Waals surface area contributed by atoms with Crippen LogP contribution in [0.1, 0.15) is 0 Å². The van der Waals surface area contributed by atoms with Crippen LogP contribution < -0.4 is 11.5 Å². The van der Waals surface area contributed by atoms with Gasteiger partial charge < -0.3 is 11.5 Å². The zero-order chi connectivity index (χ0) is 13.3. The van der Waals surface area contributed by atoms with Crippen molar-refractivity contribution in [1.29, 1.82) is 0 Å². The van der Waals surface area contributed by atoms with E-state index in [1.807, 2.05) is 0 Å². The fourth-order valence-corrected chi connectivity index (χ4v) is 2.09. The summed E-state index contributed by atoms with van der Waals surface area (Å²) >= 11 is 17.7. The van der Waals surface area contributed by atoms with Crippen LogP contribution in [-0.4, -0.2) is 10.2 Å². The van der Waals surface area contributed by atoms with E-state index in [2.05, 4.69) is 20.4 Å². The highest BCUT2D eigenvalue weighted by molar-refractivity contribution is 6.41. The van der Waals surface area contributed by atoms with Crippen molar-refractivity contribution in [1.82, 2.24) is 10.2 Å². The summed E-state index contributed by atoms with van der Waals surface area (Å²) < 4.78 is 0. The Labute approximate surface area is 117 Å². The van der Waals surface area contributed by atoms with E-state index in [0.29, 0.717) is 5.02 Å². The van der Waals surface area contributed by atoms with Crippen LogP contribution in [-0.2, 0) is 0 Å². The summed E-state index contributed by atoms with van der Waals surface area (Å²) in [5.74, 6) is 0.343. The number of aromatic nitrogens is 2. The van der Waals surface area contributed by atoms with Gasteiger partial charge in [-0.3, -0.25) is 5.10 Å². The number of benzene rings is 1. The Morgan fingerprint density at radius 3 is 2.06 bits per heavy atom. The Balaban J connectivity index is 2.41. The van der Waals surface area contributed by atoms with Gasteiger partial charge in [-0.25, -0.2) is 0 Å². The summed E-state index contributed by atoms with van der Waals surface area (Å²) in [6, 6.07) is 3.01. The molecule has 0 spiro atoms. The number of nitrogen functional groups attached to an aromatic ring is 2. The quantitative estimate of drug-likeness (QED) is 0.731. The fourth-order valence-electron chi connectivity index (χ4n) is 1.20. The second-order valence-electron chi connectivity index (χ2n) is 3.29. The van der Waals surface area contributed by atoms with Gasteiger partial charge in [0.1, 0.15) is 11.5 Å². The van der Waals surface area contributed by atoms with Gasteiger partial charge in [-0.05, 0) is 12.1 Å². The molecule has 0 aliphatic rings. The lowest BCUT2D eigenvalue weighted by Crippen LogP contribution is -1.84. The molecule has 2 rings (SSSR count). The molecule has 1 heterocycles. The number of nitrogens with one attached hydrogen (secondary N) is 1. The molecule has 0 fully saturated rings. The average molecular weight is 306 g/mol. The Morgan fingerprint density at radius 1 is 1.00 bits per heavy atom. The van der Waals surface area contributed by atoms with Gasteiger partial charge in [0, 0.05) is 5.02 Å². The van der Waals surface area contributed by atoms with E-state index in [1.54, 1.807) is 0 Å². The second kappa shape index (κ2) is 5.01. The zero-order valence-electron chi connectivity index (χ0n) is 8.78. The Hall–Kier alpha value is -1.50. The van der Waals surface area contributed by atoms with Crippen LogP contribution in [0.4, 0.5) is 23.0 Å². The van der Waals surface area contributed by atoms with Gasteiger partial charge in [0.25, 0.3) is 0 Å². The number of anilines is 2. The number of hydrogen-bond acceptors (Lipinski definition) is 5. The Bertz CT molecular complexity index is 578. The molecule has 0 aliphatic carbocycles. The summed E-state index contributed by atoms with van der Waals surface area (Å²) in [6.45, 7) is 0. The van der Waals surface area contributed by atoms with Crippen molar-refractivity contribution in [2.24, 2.45) is 10.2 Å². The summed E-state index contributed by atoms with van der Waals surface area (Å²) in [4.78, 5) is 0. The number of nitrogens with two attached hydrogens (primary N) is 2. The molecule has 1 aromatic heterocycles. The minimum Gasteiger partial charge on any atom is -0.382 e.